The number of nitrogens with one attached hydrogen (secondary N) is 1. The molecule has 0 aliphatic heterocycles. The van der Waals surface area contributed by atoms with Gasteiger partial charge in [-0.1, -0.05) is 36.4 Å². The van der Waals surface area contributed by atoms with E-state index in [1.54, 1.807) is 30.3 Å². The topological polar surface area (TPSA) is 55.4 Å². The lowest BCUT2D eigenvalue weighted by Crippen LogP contribution is -2.17. The van der Waals surface area contributed by atoms with Crippen molar-refractivity contribution in [1.82, 2.24) is 0 Å². The third-order valence-corrected chi connectivity index (χ3v) is 3.03. The molecular weight excluding hydrogens is 323 g/mol. The fraction of sp³-hybridized carbons (Fsp3) is 0.176. The zero-order chi connectivity index (χ0) is 17.6. The van der Waals surface area contributed by atoms with Gasteiger partial charge in [0.2, 0.25) is 5.91 Å². The first-order valence-electron chi connectivity index (χ1n) is 7.07. The van der Waals surface area contributed by atoms with Crippen LogP contribution in [0.5, 0.6) is 5.75 Å². The summed E-state index contributed by atoms with van der Waals surface area (Å²) < 4.78 is 40.3. The summed E-state index contributed by atoms with van der Waals surface area (Å²) in [5.41, 5.74) is 0.666. The number of anilines is 1. The lowest BCUT2D eigenvalue weighted by atomic mass is 10.1. The molecule has 1 N–H and O–H groups in total. The maximum absolute atomic E-state index is 12.2. The van der Waals surface area contributed by atoms with Gasteiger partial charge in [-0.25, -0.2) is 0 Å². The van der Waals surface area contributed by atoms with Crippen molar-refractivity contribution in [2.75, 3.05) is 5.32 Å². The van der Waals surface area contributed by atoms with Crippen molar-refractivity contribution >= 4 is 17.4 Å². The minimum Gasteiger partial charge on any atom is -0.406 e. The summed E-state index contributed by atoms with van der Waals surface area (Å²) in [6.45, 7) is 0. The first-order valence-corrected chi connectivity index (χ1v) is 7.07. The number of halogens is 3. The van der Waals surface area contributed by atoms with Gasteiger partial charge in [0.15, 0.2) is 5.78 Å². The van der Waals surface area contributed by atoms with Crippen LogP contribution in [-0.2, 0) is 4.79 Å². The van der Waals surface area contributed by atoms with E-state index in [1.165, 1.54) is 12.1 Å². The number of carbonyl (C=O) groups excluding carboxylic acids is 2. The molecule has 0 aromatic heterocycles. The SMILES string of the molecule is O=C(CCC(=O)c1ccccc1)Nc1cccc(OC(F)(F)F)c1. The van der Waals surface area contributed by atoms with Gasteiger partial charge in [0.05, 0.1) is 0 Å². The van der Waals surface area contributed by atoms with Crippen molar-refractivity contribution in [1.29, 1.82) is 0 Å². The van der Waals surface area contributed by atoms with Crippen LogP contribution >= 0.6 is 0 Å². The van der Waals surface area contributed by atoms with E-state index in [0.29, 0.717) is 5.56 Å². The zero-order valence-corrected chi connectivity index (χ0v) is 12.5. The van der Waals surface area contributed by atoms with E-state index in [4.69, 9.17) is 0 Å². The van der Waals surface area contributed by atoms with Crippen LogP contribution < -0.4 is 10.1 Å². The van der Waals surface area contributed by atoms with E-state index >= 15 is 0 Å². The quantitative estimate of drug-likeness (QED) is 0.804. The van der Waals surface area contributed by atoms with Gasteiger partial charge < -0.3 is 10.1 Å². The largest absolute Gasteiger partial charge is 0.573 e. The number of alkyl halides is 3. The number of hydrogen-bond donors (Lipinski definition) is 1. The van der Waals surface area contributed by atoms with Gasteiger partial charge in [0.1, 0.15) is 5.75 Å². The summed E-state index contributed by atoms with van der Waals surface area (Å²) in [5, 5.41) is 2.44. The fourth-order valence-corrected chi connectivity index (χ4v) is 1.99. The summed E-state index contributed by atoms with van der Waals surface area (Å²) in [7, 11) is 0. The number of Topliss-reactive ketones (excluding diaryl/α,β-unsaturated/α-hetero) is 1. The second kappa shape index (κ2) is 7.63. The molecule has 4 nitrogen and oxygen atoms in total. The Balaban J connectivity index is 1.88. The van der Waals surface area contributed by atoms with Crippen molar-refractivity contribution < 1.29 is 27.5 Å². The molecule has 0 spiro atoms. The molecule has 0 saturated heterocycles. The highest BCUT2D eigenvalue weighted by atomic mass is 19.4. The predicted molar refractivity (Wildman–Crippen MR) is 81.8 cm³/mol. The highest BCUT2D eigenvalue weighted by molar-refractivity contribution is 6.00. The Morgan fingerprint density at radius 1 is 0.958 bits per heavy atom. The molecular formula is C17H14F3NO3. The molecule has 1 amide bonds. The Morgan fingerprint density at radius 3 is 2.33 bits per heavy atom. The van der Waals surface area contributed by atoms with Gasteiger partial charge in [-0.15, -0.1) is 13.2 Å². The maximum Gasteiger partial charge on any atom is 0.573 e. The summed E-state index contributed by atoms with van der Waals surface area (Å²) in [6.07, 6.45) is -4.86. The Morgan fingerprint density at radius 2 is 1.67 bits per heavy atom. The van der Waals surface area contributed by atoms with Crippen LogP contribution in [0.15, 0.2) is 54.6 Å². The second-order valence-corrected chi connectivity index (χ2v) is 4.91. The number of amides is 1. The molecule has 7 heteroatoms. The van der Waals surface area contributed by atoms with Gasteiger partial charge in [0, 0.05) is 30.2 Å². The van der Waals surface area contributed by atoms with Crippen molar-refractivity contribution in [2.24, 2.45) is 0 Å². The molecule has 0 bridgehead atoms. The maximum atomic E-state index is 12.2. The van der Waals surface area contributed by atoms with Crippen LogP contribution in [0.1, 0.15) is 23.2 Å². The van der Waals surface area contributed by atoms with E-state index in [0.717, 1.165) is 12.1 Å². The minimum absolute atomic E-state index is 0.00852. The van der Waals surface area contributed by atoms with E-state index in [2.05, 4.69) is 10.1 Å². The Kier molecular flexibility index (Phi) is 5.57. The van der Waals surface area contributed by atoms with Gasteiger partial charge >= 0.3 is 6.36 Å². The molecule has 0 saturated carbocycles. The summed E-state index contributed by atoms with van der Waals surface area (Å²) in [5.74, 6) is -1.08. The van der Waals surface area contributed by atoms with Crippen LogP contribution in [0.25, 0.3) is 0 Å². The smallest absolute Gasteiger partial charge is 0.406 e. The lowest BCUT2D eigenvalue weighted by Gasteiger charge is -2.10. The van der Waals surface area contributed by atoms with Crippen LogP contribution in [0.4, 0.5) is 18.9 Å². The van der Waals surface area contributed by atoms with Crippen molar-refractivity contribution in [3.05, 3.63) is 60.2 Å². The molecule has 2 aromatic carbocycles. The molecule has 0 aliphatic rings. The molecule has 2 aromatic rings. The molecule has 0 atom stereocenters. The number of ketones is 1. The fourth-order valence-electron chi connectivity index (χ4n) is 1.99. The Hall–Kier alpha value is -2.83. The van der Waals surface area contributed by atoms with Crippen molar-refractivity contribution in [3.8, 4) is 5.75 Å². The van der Waals surface area contributed by atoms with Crippen molar-refractivity contribution in [2.45, 2.75) is 19.2 Å². The van der Waals surface area contributed by atoms with E-state index in [9.17, 15) is 22.8 Å². The highest BCUT2D eigenvalue weighted by Crippen LogP contribution is 2.25. The molecule has 24 heavy (non-hydrogen) atoms. The Bertz CT molecular complexity index is 715. The summed E-state index contributed by atoms with van der Waals surface area (Å²) in [4.78, 5) is 23.7. The first kappa shape index (κ1) is 17.5. The van der Waals surface area contributed by atoms with Gasteiger partial charge in [0.25, 0.3) is 0 Å². The van der Waals surface area contributed by atoms with Gasteiger partial charge in [-0.05, 0) is 12.1 Å². The highest BCUT2D eigenvalue weighted by Gasteiger charge is 2.31. The minimum atomic E-state index is -4.80. The third-order valence-electron chi connectivity index (χ3n) is 3.03. The number of carbonyl (C=O) groups is 2. The van der Waals surface area contributed by atoms with Crippen molar-refractivity contribution in [3.63, 3.8) is 0 Å². The average molecular weight is 337 g/mol. The van der Waals surface area contributed by atoms with E-state index in [-0.39, 0.29) is 24.3 Å². The van der Waals surface area contributed by atoms with Gasteiger partial charge in [-0.3, -0.25) is 9.59 Å². The number of hydrogen-bond acceptors (Lipinski definition) is 3. The monoisotopic (exact) mass is 337 g/mol. The number of benzene rings is 2. The number of rotatable bonds is 6. The normalized spacial score (nSPS) is 11.0. The molecule has 0 fully saturated rings. The van der Waals surface area contributed by atoms with Gasteiger partial charge in [-0.2, -0.15) is 0 Å². The standard InChI is InChI=1S/C17H14F3NO3/c18-17(19,20)24-14-8-4-7-13(11-14)21-16(23)10-9-15(22)12-5-2-1-3-6-12/h1-8,11H,9-10H2,(H,21,23). The van der Waals surface area contributed by atoms with Crippen LogP contribution in [-0.4, -0.2) is 18.1 Å². The molecule has 0 aliphatic carbocycles. The van der Waals surface area contributed by atoms with E-state index in [1.807, 2.05) is 0 Å². The predicted octanol–water partition coefficient (Wildman–Crippen LogP) is 4.19. The molecule has 0 radical (unpaired) electrons. The zero-order valence-electron chi connectivity index (χ0n) is 12.5. The van der Waals surface area contributed by atoms with E-state index < -0.39 is 18.0 Å². The summed E-state index contributed by atoms with van der Waals surface area (Å²) in [6, 6.07) is 13.5. The molecule has 126 valence electrons. The van der Waals surface area contributed by atoms with Crippen LogP contribution in [0.2, 0.25) is 0 Å². The average Bonchev–Trinajstić information content (AvgIpc) is 2.52. The number of ether oxygens (including phenoxy) is 1. The molecule has 0 unspecified atom stereocenters. The van der Waals surface area contributed by atoms with Crippen LogP contribution in [0, 0.1) is 0 Å². The Labute approximate surface area is 136 Å². The van der Waals surface area contributed by atoms with Crippen LogP contribution in [0.3, 0.4) is 0 Å². The second-order valence-electron chi connectivity index (χ2n) is 4.91. The first-order chi connectivity index (χ1) is 11.3. The third kappa shape index (κ3) is 5.75. The molecule has 0 heterocycles. The lowest BCUT2D eigenvalue weighted by molar-refractivity contribution is -0.274. The summed E-state index contributed by atoms with van der Waals surface area (Å²) >= 11 is 0. The molecule has 2 rings (SSSR count).